The van der Waals surface area contributed by atoms with Crippen LogP contribution in [0.1, 0.15) is 22.5 Å². The molecular weight excluding hydrogens is 278 g/mol. The molecule has 0 unspecified atom stereocenters. The van der Waals surface area contributed by atoms with E-state index >= 15 is 0 Å². The highest BCUT2D eigenvalue weighted by atomic mass is 32.1. The van der Waals surface area contributed by atoms with Gasteiger partial charge in [0, 0.05) is 21.7 Å². The molecule has 0 bridgehead atoms. The lowest BCUT2D eigenvalue weighted by molar-refractivity contribution is 0.305. The highest BCUT2D eigenvalue weighted by Gasteiger charge is 2.06. The van der Waals surface area contributed by atoms with E-state index < -0.39 is 0 Å². The average Bonchev–Trinajstić information content (AvgIpc) is 2.93. The van der Waals surface area contributed by atoms with Gasteiger partial charge in [-0.3, -0.25) is 4.98 Å². The lowest BCUT2D eigenvalue weighted by atomic mass is 10.1. The van der Waals surface area contributed by atoms with Crippen molar-refractivity contribution in [2.24, 2.45) is 0 Å². The van der Waals surface area contributed by atoms with Gasteiger partial charge in [-0.05, 0) is 54.4 Å². The average molecular weight is 295 g/mol. The molecule has 2 aromatic heterocycles. The number of fused-ring (bicyclic) bond motifs is 1. The van der Waals surface area contributed by atoms with Crippen LogP contribution in [0.5, 0.6) is 5.75 Å². The number of hydrogen-bond donors (Lipinski definition) is 0. The van der Waals surface area contributed by atoms with Gasteiger partial charge in [0.2, 0.25) is 0 Å². The fraction of sp³-hybridized carbons (Fsp3) is 0.167. The van der Waals surface area contributed by atoms with Crippen molar-refractivity contribution >= 4 is 27.5 Å². The molecule has 0 aliphatic carbocycles. The minimum atomic E-state index is 0.534. The molecule has 0 amide bonds. The second kappa shape index (κ2) is 5.70. The quantitative estimate of drug-likeness (QED) is 0.665. The van der Waals surface area contributed by atoms with Crippen LogP contribution in [0, 0.1) is 13.8 Å². The van der Waals surface area contributed by atoms with Crippen LogP contribution in [-0.4, -0.2) is 4.98 Å². The summed E-state index contributed by atoms with van der Waals surface area (Å²) in [5.41, 5.74) is 4.29. The molecule has 0 aliphatic heterocycles. The highest BCUT2D eigenvalue weighted by Crippen LogP contribution is 2.30. The summed E-state index contributed by atoms with van der Waals surface area (Å²) >= 11 is 1.72. The van der Waals surface area contributed by atoms with Gasteiger partial charge in [0.1, 0.15) is 12.4 Å². The summed E-state index contributed by atoms with van der Waals surface area (Å²) < 4.78 is 7.17. The summed E-state index contributed by atoms with van der Waals surface area (Å²) in [6.45, 7) is 8.43. The molecular formula is C18H17NOS. The normalized spacial score (nSPS) is 10.8. The third-order valence-electron chi connectivity index (χ3n) is 3.53. The second-order valence-corrected chi connectivity index (χ2v) is 5.98. The monoisotopic (exact) mass is 295 g/mol. The van der Waals surface area contributed by atoms with Crippen LogP contribution in [-0.2, 0) is 6.61 Å². The van der Waals surface area contributed by atoms with E-state index in [-0.39, 0.29) is 0 Å². The van der Waals surface area contributed by atoms with Crippen LogP contribution in [0.4, 0.5) is 0 Å². The smallest absolute Gasteiger partial charge is 0.121 e. The number of thiophene rings is 1. The Morgan fingerprint density at radius 3 is 2.86 bits per heavy atom. The maximum atomic E-state index is 5.95. The molecule has 1 aromatic carbocycles. The van der Waals surface area contributed by atoms with E-state index in [4.69, 9.17) is 4.74 Å². The fourth-order valence-electron chi connectivity index (χ4n) is 2.35. The third-order valence-corrected chi connectivity index (χ3v) is 4.39. The first-order valence-corrected chi connectivity index (χ1v) is 7.75. The number of rotatable bonds is 4. The molecule has 3 heteroatoms. The molecule has 0 aliphatic rings. The van der Waals surface area contributed by atoms with Crippen LogP contribution < -0.4 is 4.74 Å². The third kappa shape index (κ3) is 2.83. The Hall–Kier alpha value is -2.13. The predicted molar refractivity (Wildman–Crippen MR) is 90.0 cm³/mol. The van der Waals surface area contributed by atoms with Gasteiger partial charge in [-0.1, -0.05) is 18.7 Å². The zero-order valence-electron chi connectivity index (χ0n) is 12.2. The second-order valence-electron chi connectivity index (χ2n) is 5.03. The minimum Gasteiger partial charge on any atom is -0.489 e. The Morgan fingerprint density at radius 1 is 1.24 bits per heavy atom. The van der Waals surface area contributed by atoms with Crippen LogP contribution in [0.15, 0.2) is 42.3 Å². The van der Waals surface area contributed by atoms with Gasteiger partial charge in [-0.15, -0.1) is 11.3 Å². The zero-order chi connectivity index (χ0) is 14.8. The summed E-state index contributed by atoms with van der Waals surface area (Å²) in [5.74, 6) is 0.875. The van der Waals surface area contributed by atoms with Crippen LogP contribution in [0.3, 0.4) is 0 Å². The lowest BCUT2D eigenvalue weighted by Crippen LogP contribution is -2.00. The number of benzene rings is 1. The van der Waals surface area contributed by atoms with Gasteiger partial charge in [-0.25, -0.2) is 0 Å². The van der Waals surface area contributed by atoms with Crippen molar-refractivity contribution in [3.8, 4) is 5.75 Å². The van der Waals surface area contributed by atoms with Crippen LogP contribution >= 0.6 is 11.3 Å². The molecule has 0 radical (unpaired) electrons. The molecule has 2 heterocycles. The first-order chi connectivity index (χ1) is 10.2. The topological polar surface area (TPSA) is 22.1 Å². The number of pyridine rings is 1. The molecule has 3 aromatic rings. The SMILES string of the molecule is C=Cc1cc(OCc2ccc(C)nc2C)cc2sccc12. The van der Waals surface area contributed by atoms with Gasteiger partial charge in [0.15, 0.2) is 0 Å². The standard InChI is InChI=1S/C18H17NOS/c1-4-14-9-16(10-18-17(14)7-8-21-18)20-11-15-6-5-12(2)19-13(15)3/h4-10H,1,11H2,2-3H3. The first kappa shape index (κ1) is 13.8. The molecule has 0 atom stereocenters. The molecule has 0 spiro atoms. The van der Waals surface area contributed by atoms with E-state index in [1.54, 1.807) is 11.3 Å². The van der Waals surface area contributed by atoms with Crippen molar-refractivity contribution < 1.29 is 4.74 Å². The summed E-state index contributed by atoms with van der Waals surface area (Å²) in [6.07, 6.45) is 1.88. The molecule has 21 heavy (non-hydrogen) atoms. The Labute approximate surface area is 128 Å². The molecule has 2 nitrogen and oxygen atoms in total. The van der Waals surface area contributed by atoms with Crippen molar-refractivity contribution in [2.45, 2.75) is 20.5 Å². The lowest BCUT2D eigenvalue weighted by Gasteiger charge is -2.10. The summed E-state index contributed by atoms with van der Waals surface area (Å²) in [5, 5.41) is 3.32. The Balaban J connectivity index is 1.86. The van der Waals surface area contributed by atoms with Gasteiger partial charge in [0.25, 0.3) is 0 Å². The Morgan fingerprint density at radius 2 is 2.10 bits per heavy atom. The zero-order valence-corrected chi connectivity index (χ0v) is 13.0. The van der Waals surface area contributed by atoms with E-state index in [1.165, 1.54) is 10.1 Å². The van der Waals surface area contributed by atoms with Gasteiger partial charge >= 0.3 is 0 Å². The highest BCUT2D eigenvalue weighted by molar-refractivity contribution is 7.17. The van der Waals surface area contributed by atoms with Gasteiger partial charge in [-0.2, -0.15) is 0 Å². The molecule has 3 rings (SSSR count). The molecule has 106 valence electrons. The first-order valence-electron chi connectivity index (χ1n) is 6.87. The predicted octanol–water partition coefficient (Wildman–Crippen LogP) is 5.14. The van der Waals surface area contributed by atoms with Crippen molar-refractivity contribution in [2.75, 3.05) is 0 Å². The molecule has 0 fully saturated rings. The summed E-state index contributed by atoms with van der Waals surface area (Å²) in [4.78, 5) is 4.47. The van der Waals surface area contributed by atoms with Gasteiger partial charge in [0.05, 0.1) is 0 Å². The van der Waals surface area contributed by atoms with Crippen molar-refractivity contribution in [3.05, 3.63) is 64.8 Å². The number of aryl methyl sites for hydroxylation is 2. The van der Waals surface area contributed by atoms with Crippen molar-refractivity contribution in [3.63, 3.8) is 0 Å². The fourth-order valence-corrected chi connectivity index (χ4v) is 3.20. The minimum absolute atomic E-state index is 0.534. The summed E-state index contributed by atoms with van der Waals surface area (Å²) in [7, 11) is 0. The van der Waals surface area contributed by atoms with Crippen molar-refractivity contribution in [1.82, 2.24) is 4.98 Å². The molecule has 0 saturated heterocycles. The maximum absolute atomic E-state index is 5.95. The Bertz CT molecular complexity index is 804. The van der Waals surface area contributed by atoms with E-state index in [9.17, 15) is 0 Å². The van der Waals surface area contributed by atoms with Crippen LogP contribution in [0.25, 0.3) is 16.2 Å². The number of aromatic nitrogens is 1. The number of nitrogens with zero attached hydrogens (tertiary/aromatic N) is 1. The maximum Gasteiger partial charge on any atom is 0.121 e. The number of ether oxygens (including phenoxy) is 1. The molecule has 0 N–H and O–H groups in total. The van der Waals surface area contributed by atoms with E-state index in [0.29, 0.717) is 6.61 Å². The summed E-state index contributed by atoms with van der Waals surface area (Å²) in [6, 6.07) is 10.3. The van der Waals surface area contributed by atoms with E-state index in [0.717, 1.165) is 28.3 Å². The van der Waals surface area contributed by atoms with Gasteiger partial charge < -0.3 is 4.74 Å². The van der Waals surface area contributed by atoms with Crippen molar-refractivity contribution in [1.29, 1.82) is 0 Å². The largest absolute Gasteiger partial charge is 0.489 e. The Kier molecular flexibility index (Phi) is 3.76. The number of hydrogen-bond acceptors (Lipinski definition) is 3. The van der Waals surface area contributed by atoms with E-state index in [1.807, 2.05) is 32.1 Å². The molecule has 0 saturated carbocycles. The van der Waals surface area contributed by atoms with Crippen LogP contribution in [0.2, 0.25) is 0 Å². The van der Waals surface area contributed by atoms with E-state index in [2.05, 4.69) is 35.1 Å².